The van der Waals surface area contributed by atoms with Gasteiger partial charge < -0.3 is 10.1 Å². The summed E-state index contributed by atoms with van der Waals surface area (Å²) >= 11 is -2.79. The van der Waals surface area contributed by atoms with Crippen molar-refractivity contribution in [1.29, 1.82) is 0 Å². The van der Waals surface area contributed by atoms with Gasteiger partial charge in [0, 0.05) is 6.42 Å². The Morgan fingerprint density at radius 2 is 1.61 bits per heavy atom. The van der Waals surface area contributed by atoms with Gasteiger partial charge in [0.15, 0.2) is 0 Å². The van der Waals surface area contributed by atoms with Crippen LogP contribution in [0.2, 0.25) is 0 Å². The number of hydrogen-bond donors (Lipinski definition) is 2. The number of carbonyl (C=O) groups is 1. The molecule has 1 aromatic carbocycles. The minimum atomic E-state index is -3.92. The van der Waals surface area contributed by atoms with Gasteiger partial charge >= 0.3 is 11.4 Å². The summed E-state index contributed by atoms with van der Waals surface area (Å²) in [4.78, 5) is 12.3. The first-order valence-corrected chi connectivity index (χ1v) is 14.4. The molecule has 0 heterocycles. The third-order valence-electron chi connectivity index (χ3n) is 5.19. The number of ether oxygens (including phenoxy) is 1. The summed E-state index contributed by atoms with van der Waals surface area (Å²) < 4.78 is 51.3. The summed E-state index contributed by atoms with van der Waals surface area (Å²) in [6.07, 6.45) is 10.7. The molecule has 0 radical (unpaired) electrons. The first-order valence-electron chi connectivity index (χ1n) is 11.8. The third-order valence-corrected chi connectivity index (χ3v) is 7.27. The Morgan fingerprint density at radius 3 is 2.21 bits per heavy atom. The predicted molar refractivity (Wildman–Crippen MR) is 132 cm³/mol. The number of para-hydroxylation sites is 1. The van der Waals surface area contributed by atoms with Gasteiger partial charge in [0.05, 0.1) is 18.0 Å². The Bertz CT molecular complexity index is 828. The number of amides is 1. The lowest BCUT2D eigenvalue weighted by Crippen LogP contribution is -2.13. The fraction of sp³-hybridized carbons (Fsp3) is 0.696. The van der Waals surface area contributed by atoms with Gasteiger partial charge in [-0.2, -0.15) is 12.6 Å². The smallest absolute Gasteiger partial charge is 0.317 e. The van der Waals surface area contributed by atoms with Crippen molar-refractivity contribution >= 4 is 33.1 Å². The molecule has 10 heteroatoms. The van der Waals surface area contributed by atoms with Crippen LogP contribution < -0.4 is 10.1 Å². The fourth-order valence-electron chi connectivity index (χ4n) is 3.40. The number of rotatable bonds is 19. The molecule has 0 spiro atoms. The van der Waals surface area contributed by atoms with Gasteiger partial charge in [-0.3, -0.25) is 9.35 Å². The molecule has 0 aliphatic rings. The van der Waals surface area contributed by atoms with E-state index in [4.69, 9.17) is 9.29 Å². The van der Waals surface area contributed by atoms with Crippen molar-refractivity contribution in [3.05, 3.63) is 23.8 Å². The van der Waals surface area contributed by atoms with Gasteiger partial charge in [-0.1, -0.05) is 70.4 Å². The highest BCUT2D eigenvalue weighted by atomic mass is 32.3. The minimum absolute atomic E-state index is 0.00454. The van der Waals surface area contributed by atoms with E-state index in [1.807, 2.05) is 25.1 Å². The highest BCUT2D eigenvalue weighted by Gasteiger charge is 2.14. The lowest BCUT2D eigenvalue weighted by molar-refractivity contribution is -0.116. The maximum Gasteiger partial charge on any atom is 0.317 e. The molecule has 0 saturated carbocycles. The van der Waals surface area contributed by atoms with Crippen LogP contribution in [0, 0.1) is 6.92 Å². The molecule has 190 valence electrons. The summed E-state index contributed by atoms with van der Waals surface area (Å²) in [5, 5.41) is 2.98. The van der Waals surface area contributed by atoms with E-state index in [1.54, 1.807) is 0 Å². The van der Waals surface area contributed by atoms with Crippen LogP contribution in [0.25, 0.3) is 0 Å². The number of unbranched alkanes of at least 4 members (excludes halogenated alkanes) is 9. The normalized spacial score (nSPS) is 12.5. The van der Waals surface area contributed by atoms with Crippen LogP contribution in [0.15, 0.2) is 18.2 Å². The van der Waals surface area contributed by atoms with Gasteiger partial charge in [-0.15, -0.1) is 3.63 Å². The van der Waals surface area contributed by atoms with E-state index in [0.717, 1.165) is 81.2 Å². The van der Waals surface area contributed by atoms with Crippen molar-refractivity contribution in [1.82, 2.24) is 0 Å². The largest absolute Gasteiger partial charge is 0.491 e. The molecule has 0 fully saturated rings. The Kier molecular flexibility index (Phi) is 15.2. The average Bonchev–Trinajstić information content (AvgIpc) is 2.73. The topological polar surface area (TPSA) is 119 Å². The van der Waals surface area contributed by atoms with Crippen LogP contribution in [0.4, 0.5) is 5.69 Å². The van der Waals surface area contributed by atoms with Crippen LogP contribution in [0.3, 0.4) is 0 Å². The maximum atomic E-state index is 12.3. The highest BCUT2D eigenvalue weighted by Crippen LogP contribution is 2.29. The molecular weight excluding hydrogens is 466 g/mol. The van der Waals surface area contributed by atoms with Gasteiger partial charge in [0.1, 0.15) is 5.75 Å². The molecule has 1 rings (SSSR count). The summed E-state index contributed by atoms with van der Waals surface area (Å²) in [6, 6.07) is 5.78. The Balaban J connectivity index is 2.11. The molecule has 0 saturated heterocycles. The number of anilines is 1. The molecule has 33 heavy (non-hydrogen) atoms. The van der Waals surface area contributed by atoms with Crippen LogP contribution in [0.5, 0.6) is 5.75 Å². The molecule has 1 amide bonds. The second kappa shape index (κ2) is 17.0. The molecule has 2 N–H and O–H groups in total. The van der Waals surface area contributed by atoms with Crippen LogP contribution in [-0.2, 0) is 29.9 Å². The van der Waals surface area contributed by atoms with Crippen molar-refractivity contribution in [3.8, 4) is 5.75 Å². The number of aryl methyl sites for hydroxylation is 1. The fourth-order valence-corrected chi connectivity index (χ4v) is 4.94. The third kappa shape index (κ3) is 14.4. The van der Waals surface area contributed by atoms with Crippen molar-refractivity contribution in [2.75, 3.05) is 17.7 Å². The van der Waals surface area contributed by atoms with E-state index in [9.17, 15) is 17.4 Å². The van der Waals surface area contributed by atoms with E-state index >= 15 is 0 Å². The zero-order valence-corrected chi connectivity index (χ0v) is 21.5. The van der Waals surface area contributed by atoms with Crippen molar-refractivity contribution in [2.24, 2.45) is 0 Å². The zero-order valence-electron chi connectivity index (χ0n) is 19.8. The Labute approximate surface area is 201 Å². The van der Waals surface area contributed by atoms with Crippen molar-refractivity contribution in [2.45, 2.75) is 90.9 Å². The van der Waals surface area contributed by atoms with Crippen LogP contribution >= 0.6 is 0 Å². The zero-order chi connectivity index (χ0) is 24.5. The van der Waals surface area contributed by atoms with Crippen molar-refractivity contribution in [3.63, 3.8) is 0 Å². The molecule has 0 bridgehead atoms. The van der Waals surface area contributed by atoms with Gasteiger partial charge in [-0.05, 0) is 37.8 Å². The lowest BCUT2D eigenvalue weighted by atomic mass is 10.1. The summed E-state index contributed by atoms with van der Waals surface area (Å²) in [7, 11) is -3.92. The van der Waals surface area contributed by atoms with E-state index in [1.165, 1.54) is 0 Å². The highest BCUT2D eigenvalue weighted by molar-refractivity contribution is 7.95. The summed E-state index contributed by atoms with van der Waals surface area (Å²) in [5.74, 6) is 0.522. The predicted octanol–water partition coefficient (Wildman–Crippen LogP) is 5.50. The molecule has 0 aliphatic heterocycles. The molecule has 8 nitrogen and oxygen atoms in total. The number of benzene rings is 1. The summed E-state index contributed by atoms with van der Waals surface area (Å²) in [6.45, 7) is 4.74. The quantitative estimate of drug-likeness (QED) is 0.188. The lowest BCUT2D eigenvalue weighted by Gasteiger charge is -2.14. The monoisotopic (exact) mass is 505 g/mol. The molecular formula is C23H39NO7S2. The second-order valence-electron chi connectivity index (χ2n) is 8.18. The van der Waals surface area contributed by atoms with Gasteiger partial charge in [0.2, 0.25) is 5.91 Å². The molecule has 1 aromatic rings. The summed E-state index contributed by atoms with van der Waals surface area (Å²) in [5.41, 5.74) is 1.75. The van der Waals surface area contributed by atoms with Crippen molar-refractivity contribution < 1.29 is 30.3 Å². The average molecular weight is 506 g/mol. The number of nitrogens with one attached hydrogen (secondary N) is 1. The SMILES string of the molecule is CCCCOc1c(C)cccc1NC(=O)CCCCCCCCCCCS(=O)(=O)OS(=O)O. The first kappa shape index (κ1) is 29.5. The number of carbonyl (C=O) groups excluding carboxylic acids is 1. The van der Waals surface area contributed by atoms with E-state index in [2.05, 4.69) is 15.9 Å². The van der Waals surface area contributed by atoms with E-state index in [-0.39, 0.29) is 11.7 Å². The Hall–Kier alpha value is -1.49. The molecule has 0 aliphatic carbocycles. The molecule has 1 unspecified atom stereocenters. The molecule has 1 atom stereocenters. The minimum Gasteiger partial charge on any atom is -0.491 e. The van der Waals surface area contributed by atoms with E-state index < -0.39 is 21.5 Å². The Morgan fingerprint density at radius 1 is 1.00 bits per heavy atom. The standard InChI is InChI=1S/C23H39NO7S2/c1-3-4-18-30-23-20(2)15-14-16-21(23)24-22(25)17-12-10-8-6-5-7-9-11-13-19-33(28,29)31-32(26)27/h14-16H,3-13,17-19H2,1-2H3,(H,24,25)(H,26,27). The second-order valence-corrected chi connectivity index (χ2v) is 10.7. The van der Waals surface area contributed by atoms with E-state index in [0.29, 0.717) is 19.4 Å². The number of hydrogen-bond acceptors (Lipinski definition) is 6. The first-order chi connectivity index (χ1) is 15.7. The molecule has 0 aromatic heterocycles. The van der Waals surface area contributed by atoms with Crippen LogP contribution in [0.1, 0.15) is 89.5 Å². The van der Waals surface area contributed by atoms with Crippen LogP contribution in [-0.4, -0.2) is 35.4 Å². The van der Waals surface area contributed by atoms with Gasteiger partial charge in [-0.25, -0.2) is 0 Å². The van der Waals surface area contributed by atoms with Gasteiger partial charge in [0.25, 0.3) is 10.1 Å². The maximum absolute atomic E-state index is 12.3.